The summed E-state index contributed by atoms with van der Waals surface area (Å²) in [6.07, 6.45) is 0.972. The Morgan fingerprint density at radius 3 is 2.62 bits per heavy atom. The topological polar surface area (TPSA) is 58.1 Å². The van der Waals surface area contributed by atoms with Gasteiger partial charge in [-0.2, -0.15) is 0 Å². The average Bonchev–Trinajstić information content (AvgIpc) is 2.96. The number of hydrogen-bond donors (Lipinski definition) is 1. The van der Waals surface area contributed by atoms with E-state index in [9.17, 15) is 9.18 Å². The molecule has 0 saturated heterocycles. The molecule has 1 N–H and O–H groups in total. The fraction of sp³-hybridized carbons (Fsp3) is 0.357. The SMILES string of the molecule is CCCNc1nnc(C(=O)N(CC)c2ccc(F)cc2)s1. The van der Waals surface area contributed by atoms with Crippen molar-refractivity contribution in [3.63, 3.8) is 0 Å². The van der Waals surface area contributed by atoms with Crippen molar-refractivity contribution < 1.29 is 9.18 Å². The molecule has 2 rings (SSSR count). The first-order chi connectivity index (χ1) is 10.2. The van der Waals surface area contributed by atoms with E-state index in [1.54, 1.807) is 17.0 Å². The molecule has 112 valence electrons. The summed E-state index contributed by atoms with van der Waals surface area (Å²) in [5.74, 6) is -0.560. The highest BCUT2D eigenvalue weighted by Gasteiger charge is 2.20. The fourth-order valence-corrected chi connectivity index (χ4v) is 2.51. The summed E-state index contributed by atoms with van der Waals surface area (Å²) in [6.45, 7) is 5.17. The molecule has 1 heterocycles. The zero-order valence-corrected chi connectivity index (χ0v) is 12.8. The minimum Gasteiger partial charge on any atom is -0.360 e. The highest BCUT2D eigenvalue weighted by molar-refractivity contribution is 7.17. The predicted molar refractivity (Wildman–Crippen MR) is 82.4 cm³/mol. The van der Waals surface area contributed by atoms with Crippen LogP contribution in [0.3, 0.4) is 0 Å². The maximum absolute atomic E-state index is 13.0. The Morgan fingerprint density at radius 2 is 2.00 bits per heavy atom. The van der Waals surface area contributed by atoms with Crippen molar-refractivity contribution >= 4 is 28.1 Å². The quantitative estimate of drug-likeness (QED) is 0.890. The van der Waals surface area contributed by atoms with Crippen molar-refractivity contribution in [2.24, 2.45) is 0 Å². The van der Waals surface area contributed by atoms with E-state index in [1.807, 2.05) is 13.8 Å². The van der Waals surface area contributed by atoms with Gasteiger partial charge in [-0.1, -0.05) is 18.3 Å². The van der Waals surface area contributed by atoms with Crippen LogP contribution in [0.15, 0.2) is 24.3 Å². The van der Waals surface area contributed by atoms with E-state index in [-0.39, 0.29) is 11.7 Å². The highest BCUT2D eigenvalue weighted by Crippen LogP contribution is 2.21. The van der Waals surface area contributed by atoms with Crippen molar-refractivity contribution in [3.8, 4) is 0 Å². The standard InChI is InChI=1S/C14H17FN4OS/c1-3-9-16-14-18-17-12(21-14)13(20)19(4-2)11-7-5-10(15)6-8-11/h5-8H,3-4,9H2,1-2H3,(H,16,18). The molecule has 21 heavy (non-hydrogen) atoms. The zero-order chi connectivity index (χ0) is 15.2. The molecule has 0 atom stereocenters. The molecule has 0 saturated carbocycles. The predicted octanol–water partition coefficient (Wildman–Crippen LogP) is 3.17. The second-order valence-corrected chi connectivity index (χ2v) is 5.34. The molecule has 0 unspecified atom stereocenters. The van der Waals surface area contributed by atoms with E-state index < -0.39 is 0 Å². The van der Waals surface area contributed by atoms with Crippen LogP contribution in [0, 0.1) is 5.82 Å². The number of carbonyl (C=O) groups excluding carboxylic acids is 1. The van der Waals surface area contributed by atoms with Crippen molar-refractivity contribution in [2.75, 3.05) is 23.3 Å². The Balaban J connectivity index is 2.16. The van der Waals surface area contributed by atoms with Gasteiger partial charge in [0.1, 0.15) is 5.82 Å². The number of aromatic nitrogens is 2. The monoisotopic (exact) mass is 308 g/mol. The Hall–Kier alpha value is -2.02. The Morgan fingerprint density at radius 1 is 1.29 bits per heavy atom. The smallest absolute Gasteiger partial charge is 0.289 e. The third-order valence-corrected chi connectivity index (χ3v) is 3.70. The number of carbonyl (C=O) groups is 1. The number of rotatable bonds is 6. The number of nitrogens with one attached hydrogen (secondary N) is 1. The first-order valence-corrected chi connectivity index (χ1v) is 7.62. The van der Waals surface area contributed by atoms with Gasteiger partial charge >= 0.3 is 0 Å². The molecular formula is C14H17FN4OS. The second-order valence-electron chi connectivity index (χ2n) is 4.36. The molecule has 0 spiro atoms. The number of halogens is 1. The third kappa shape index (κ3) is 3.75. The first kappa shape index (κ1) is 15.4. The minimum atomic E-state index is -0.329. The van der Waals surface area contributed by atoms with Crippen LogP contribution in [-0.4, -0.2) is 29.2 Å². The van der Waals surface area contributed by atoms with Crippen molar-refractivity contribution in [3.05, 3.63) is 35.1 Å². The summed E-state index contributed by atoms with van der Waals surface area (Å²) in [6, 6.07) is 5.82. The van der Waals surface area contributed by atoms with Gasteiger partial charge in [0.25, 0.3) is 5.91 Å². The average molecular weight is 308 g/mol. The van der Waals surface area contributed by atoms with Crippen LogP contribution in [0.25, 0.3) is 0 Å². The molecule has 0 aliphatic carbocycles. The maximum atomic E-state index is 13.0. The molecule has 0 aliphatic rings. The van der Waals surface area contributed by atoms with E-state index in [1.165, 1.54) is 23.5 Å². The van der Waals surface area contributed by atoms with E-state index in [2.05, 4.69) is 15.5 Å². The highest BCUT2D eigenvalue weighted by atomic mass is 32.1. The lowest BCUT2D eigenvalue weighted by Gasteiger charge is -2.19. The van der Waals surface area contributed by atoms with Crippen LogP contribution in [0.2, 0.25) is 0 Å². The van der Waals surface area contributed by atoms with E-state index >= 15 is 0 Å². The summed E-state index contributed by atoms with van der Waals surface area (Å²) in [5.41, 5.74) is 0.641. The van der Waals surface area contributed by atoms with Gasteiger partial charge in [0.2, 0.25) is 10.1 Å². The fourth-order valence-electron chi connectivity index (χ4n) is 1.79. The third-order valence-electron chi connectivity index (χ3n) is 2.83. The van der Waals surface area contributed by atoms with Gasteiger partial charge in [0.15, 0.2) is 0 Å². The minimum absolute atomic E-state index is 0.230. The molecule has 7 heteroatoms. The molecule has 1 aromatic heterocycles. The molecular weight excluding hydrogens is 291 g/mol. The van der Waals surface area contributed by atoms with Gasteiger partial charge in [-0.3, -0.25) is 4.79 Å². The summed E-state index contributed by atoms with van der Waals surface area (Å²) < 4.78 is 13.0. The van der Waals surface area contributed by atoms with E-state index in [0.29, 0.717) is 22.4 Å². The molecule has 5 nitrogen and oxygen atoms in total. The van der Waals surface area contributed by atoms with Crippen molar-refractivity contribution in [2.45, 2.75) is 20.3 Å². The summed E-state index contributed by atoms with van der Waals surface area (Å²) in [4.78, 5) is 14.0. The maximum Gasteiger partial charge on any atom is 0.289 e. The van der Waals surface area contributed by atoms with Gasteiger partial charge < -0.3 is 10.2 Å². The van der Waals surface area contributed by atoms with Crippen LogP contribution in [-0.2, 0) is 0 Å². The summed E-state index contributed by atoms with van der Waals surface area (Å²) in [7, 11) is 0. The molecule has 0 aliphatic heterocycles. The van der Waals surface area contributed by atoms with Crippen LogP contribution in [0.5, 0.6) is 0 Å². The molecule has 2 aromatic rings. The van der Waals surface area contributed by atoms with Gasteiger partial charge in [-0.05, 0) is 37.6 Å². The first-order valence-electron chi connectivity index (χ1n) is 6.80. The van der Waals surface area contributed by atoms with E-state index in [0.717, 1.165) is 13.0 Å². The number of benzene rings is 1. The normalized spacial score (nSPS) is 10.4. The summed E-state index contributed by atoms with van der Waals surface area (Å²) >= 11 is 1.22. The molecule has 0 fully saturated rings. The van der Waals surface area contributed by atoms with Gasteiger partial charge in [-0.25, -0.2) is 4.39 Å². The Bertz CT molecular complexity index is 599. The number of amides is 1. The van der Waals surface area contributed by atoms with E-state index in [4.69, 9.17) is 0 Å². The largest absolute Gasteiger partial charge is 0.360 e. The van der Waals surface area contributed by atoms with Crippen LogP contribution in [0.1, 0.15) is 30.1 Å². The lowest BCUT2D eigenvalue weighted by Crippen LogP contribution is -2.30. The van der Waals surface area contributed by atoms with Crippen LogP contribution >= 0.6 is 11.3 Å². The second kappa shape index (κ2) is 7.12. The number of nitrogens with zero attached hydrogens (tertiary/aromatic N) is 3. The van der Waals surface area contributed by atoms with Crippen LogP contribution in [0.4, 0.5) is 15.2 Å². The Labute approximate surface area is 126 Å². The molecule has 0 bridgehead atoms. The zero-order valence-electron chi connectivity index (χ0n) is 12.0. The van der Waals surface area contributed by atoms with Gasteiger partial charge in [-0.15, -0.1) is 10.2 Å². The number of hydrogen-bond acceptors (Lipinski definition) is 5. The number of anilines is 2. The Kier molecular flexibility index (Phi) is 5.21. The van der Waals surface area contributed by atoms with Gasteiger partial charge in [0, 0.05) is 18.8 Å². The van der Waals surface area contributed by atoms with Crippen LogP contribution < -0.4 is 10.2 Å². The molecule has 1 aromatic carbocycles. The van der Waals surface area contributed by atoms with Gasteiger partial charge in [0.05, 0.1) is 0 Å². The van der Waals surface area contributed by atoms with Crippen molar-refractivity contribution in [1.29, 1.82) is 0 Å². The molecule has 1 amide bonds. The summed E-state index contributed by atoms with van der Waals surface area (Å²) in [5, 5.41) is 11.9. The molecule has 0 radical (unpaired) electrons. The lowest BCUT2D eigenvalue weighted by atomic mass is 10.2. The van der Waals surface area contributed by atoms with Crippen molar-refractivity contribution in [1.82, 2.24) is 10.2 Å². The lowest BCUT2D eigenvalue weighted by molar-refractivity contribution is 0.0987.